The van der Waals surface area contributed by atoms with Gasteiger partial charge in [-0.15, -0.1) is 25.5 Å². The van der Waals surface area contributed by atoms with Crippen molar-refractivity contribution in [3.63, 3.8) is 0 Å². The van der Waals surface area contributed by atoms with Crippen molar-refractivity contribution >= 4 is 17.1 Å². The SMILES string of the molecule is FC(F)c1nnc2ccc(NCCc3nnc4ccccn34)nn12. The van der Waals surface area contributed by atoms with E-state index in [2.05, 4.69) is 30.8 Å². The van der Waals surface area contributed by atoms with Crippen LogP contribution in [0.4, 0.5) is 14.6 Å². The number of nitrogens with one attached hydrogen (secondary N) is 1. The standard InChI is InChI=1S/C14H12F2N8/c15-13(16)14-21-20-12-5-4-9(22-24(12)14)17-7-6-11-19-18-10-3-1-2-8-23(10)11/h1-5,8,13H,6-7H2,(H,17,22). The summed E-state index contributed by atoms with van der Waals surface area (Å²) < 4.78 is 28.6. The Morgan fingerprint density at radius 1 is 1.00 bits per heavy atom. The summed E-state index contributed by atoms with van der Waals surface area (Å²) in [5.74, 6) is 0.784. The number of aromatic nitrogens is 7. The lowest BCUT2D eigenvalue weighted by Crippen LogP contribution is -2.10. The van der Waals surface area contributed by atoms with Gasteiger partial charge in [0.1, 0.15) is 11.6 Å². The van der Waals surface area contributed by atoms with Crippen LogP contribution in [-0.4, -0.2) is 41.0 Å². The maximum Gasteiger partial charge on any atom is 0.299 e. The van der Waals surface area contributed by atoms with Gasteiger partial charge in [-0.1, -0.05) is 6.07 Å². The molecule has 10 heteroatoms. The predicted octanol–water partition coefficient (Wildman–Crippen LogP) is 1.76. The lowest BCUT2D eigenvalue weighted by Gasteiger charge is -2.05. The van der Waals surface area contributed by atoms with E-state index in [4.69, 9.17) is 0 Å². The average molecular weight is 330 g/mol. The molecule has 0 aliphatic carbocycles. The molecule has 0 atom stereocenters. The van der Waals surface area contributed by atoms with Gasteiger partial charge >= 0.3 is 0 Å². The monoisotopic (exact) mass is 330 g/mol. The number of fused-ring (bicyclic) bond motifs is 2. The maximum absolute atomic E-state index is 12.8. The van der Waals surface area contributed by atoms with Crippen molar-refractivity contribution in [3.8, 4) is 0 Å². The van der Waals surface area contributed by atoms with E-state index in [0.29, 0.717) is 18.8 Å². The van der Waals surface area contributed by atoms with E-state index < -0.39 is 12.2 Å². The van der Waals surface area contributed by atoms with Crippen molar-refractivity contribution in [2.24, 2.45) is 0 Å². The first kappa shape index (κ1) is 14.4. The molecule has 4 rings (SSSR count). The third kappa shape index (κ3) is 2.51. The Morgan fingerprint density at radius 2 is 1.88 bits per heavy atom. The highest BCUT2D eigenvalue weighted by Crippen LogP contribution is 2.17. The van der Waals surface area contributed by atoms with Gasteiger partial charge in [0.2, 0.25) is 5.82 Å². The van der Waals surface area contributed by atoms with Gasteiger partial charge in [0.25, 0.3) is 6.43 Å². The number of anilines is 1. The van der Waals surface area contributed by atoms with Crippen molar-refractivity contribution in [2.75, 3.05) is 11.9 Å². The summed E-state index contributed by atoms with van der Waals surface area (Å²) in [6.45, 7) is 0.528. The Kier molecular flexibility index (Phi) is 3.48. The number of pyridine rings is 1. The van der Waals surface area contributed by atoms with Crippen molar-refractivity contribution in [1.29, 1.82) is 0 Å². The third-order valence-corrected chi connectivity index (χ3v) is 3.52. The second-order valence-corrected chi connectivity index (χ2v) is 5.07. The molecule has 0 bridgehead atoms. The van der Waals surface area contributed by atoms with Gasteiger partial charge in [0.05, 0.1) is 0 Å². The minimum Gasteiger partial charge on any atom is -0.368 e. The van der Waals surface area contributed by atoms with Crippen LogP contribution < -0.4 is 5.32 Å². The molecule has 122 valence electrons. The molecule has 0 radical (unpaired) electrons. The zero-order chi connectivity index (χ0) is 16.5. The van der Waals surface area contributed by atoms with E-state index in [9.17, 15) is 8.78 Å². The molecule has 24 heavy (non-hydrogen) atoms. The molecule has 1 N–H and O–H groups in total. The van der Waals surface area contributed by atoms with Crippen LogP contribution in [0.3, 0.4) is 0 Å². The zero-order valence-electron chi connectivity index (χ0n) is 12.3. The smallest absolute Gasteiger partial charge is 0.299 e. The highest BCUT2D eigenvalue weighted by atomic mass is 19.3. The molecule has 0 fully saturated rings. The van der Waals surface area contributed by atoms with E-state index in [0.717, 1.165) is 16.0 Å². The first-order chi connectivity index (χ1) is 11.7. The fraction of sp³-hybridized carbons (Fsp3) is 0.214. The quantitative estimate of drug-likeness (QED) is 0.600. The molecule has 0 unspecified atom stereocenters. The van der Waals surface area contributed by atoms with E-state index in [1.807, 2.05) is 28.8 Å². The number of halogens is 2. The molecule has 4 aromatic heterocycles. The molecule has 0 saturated heterocycles. The Balaban J connectivity index is 1.49. The molecule has 4 heterocycles. The van der Waals surface area contributed by atoms with Crippen LogP contribution in [0.1, 0.15) is 18.1 Å². The van der Waals surface area contributed by atoms with Gasteiger partial charge < -0.3 is 5.32 Å². The molecule has 4 aromatic rings. The number of hydrogen-bond donors (Lipinski definition) is 1. The largest absolute Gasteiger partial charge is 0.368 e. The van der Waals surface area contributed by atoms with Gasteiger partial charge in [-0.2, -0.15) is 4.52 Å². The summed E-state index contributed by atoms with van der Waals surface area (Å²) in [6.07, 6.45) is -0.236. The van der Waals surface area contributed by atoms with Crippen LogP contribution in [0.15, 0.2) is 36.5 Å². The molecule has 0 amide bonds. The van der Waals surface area contributed by atoms with Gasteiger partial charge in [0.15, 0.2) is 11.3 Å². The molecule has 0 spiro atoms. The molecular formula is C14H12F2N8. The van der Waals surface area contributed by atoms with E-state index in [1.165, 1.54) is 0 Å². The van der Waals surface area contributed by atoms with Crippen LogP contribution in [0.2, 0.25) is 0 Å². The van der Waals surface area contributed by atoms with E-state index >= 15 is 0 Å². The lowest BCUT2D eigenvalue weighted by molar-refractivity contribution is 0.137. The number of rotatable bonds is 5. The van der Waals surface area contributed by atoms with Crippen molar-refractivity contribution in [3.05, 3.63) is 48.2 Å². The maximum atomic E-state index is 12.8. The van der Waals surface area contributed by atoms with E-state index in [-0.39, 0.29) is 5.65 Å². The zero-order valence-corrected chi connectivity index (χ0v) is 12.3. The fourth-order valence-electron chi connectivity index (χ4n) is 2.40. The molecule has 0 saturated carbocycles. The first-order valence-corrected chi connectivity index (χ1v) is 7.25. The summed E-state index contributed by atoms with van der Waals surface area (Å²) in [6, 6.07) is 8.92. The van der Waals surface area contributed by atoms with Crippen molar-refractivity contribution in [1.82, 2.24) is 34.4 Å². The van der Waals surface area contributed by atoms with E-state index in [1.54, 1.807) is 12.1 Å². The van der Waals surface area contributed by atoms with Gasteiger partial charge in [0, 0.05) is 19.2 Å². The summed E-state index contributed by atoms with van der Waals surface area (Å²) >= 11 is 0. The van der Waals surface area contributed by atoms with Crippen LogP contribution in [-0.2, 0) is 6.42 Å². The second-order valence-electron chi connectivity index (χ2n) is 5.07. The summed E-state index contributed by atoms with van der Waals surface area (Å²) in [5.41, 5.74) is 1.05. The predicted molar refractivity (Wildman–Crippen MR) is 80.9 cm³/mol. The first-order valence-electron chi connectivity index (χ1n) is 7.25. The highest BCUT2D eigenvalue weighted by molar-refractivity contribution is 5.44. The molecule has 8 nitrogen and oxygen atoms in total. The molecule has 0 aromatic carbocycles. The normalized spacial score (nSPS) is 11.6. The number of alkyl halides is 2. The van der Waals surface area contributed by atoms with Crippen LogP contribution in [0, 0.1) is 0 Å². The Labute approximate surface area is 134 Å². The van der Waals surface area contributed by atoms with Crippen molar-refractivity contribution < 1.29 is 8.78 Å². The number of hydrogen-bond acceptors (Lipinski definition) is 6. The Hall–Kier alpha value is -3.17. The Bertz CT molecular complexity index is 993. The molecule has 0 aliphatic heterocycles. The van der Waals surface area contributed by atoms with Crippen molar-refractivity contribution in [2.45, 2.75) is 12.8 Å². The summed E-state index contributed by atoms with van der Waals surface area (Å²) in [7, 11) is 0. The van der Waals surface area contributed by atoms with Crippen LogP contribution in [0.25, 0.3) is 11.3 Å². The van der Waals surface area contributed by atoms with Gasteiger partial charge in [-0.3, -0.25) is 4.40 Å². The minimum absolute atomic E-state index is 0.277. The minimum atomic E-state index is -2.73. The Morgan fingerprint density at radius 3 is 2.75 bits per heavy atom. The van der Waals surface area contributed by atoms with Crippen LogP contribution >= 0.6 is 0 Å². The molecular weight excluding hydrogens is 318 g/mol. The number of nitrogens with zero attached hydrogens (tertiary/aromatic N) is 7. The lowest BCUT2D eigenvalue weighted by atomic mass is 10.4. The third-order valence-electron chi connectivity index (χ3n) is 3.52. The fourth-order valence-corrected chi connectivity index (χ4v) is 2.40. The van der Waals surface area contributed by atoms with Gasteiger partial charge in [-0.05, 0) is 24.3 Å². The van der Waals surface area contributed by atoms with Crippen LogP contribution in [0.5, 0.6) is 0 Å². The second kappa shape index (κ2) is 5.80. The highest BCUT2D eigenvalue weighted by Gasteiger charge is 2.16. The summed E-state index contributed by atoms with van der Waals surface area (Å²) in [5, 5.41) is 22.5. The van der Waals surface area contributed by atoms with Gasteiger partial charge in [-0.25, -0.2) is 8.78 Å². The summed E-state index contributed by atoms with van der Waals surface area (Å²) in [4.78, 5) is 0. The molecule has 0 aliphatic rings. The average Bonchev–Trinajstić information content (AvgIpc) is 3.19. The topological polar surface area (TPSA) is 85.3 Å².